The van der Waals surface area contributed by atoms with E-state index in [2.05, 4.69) is 20.4 Å². The summed E-state index contributed by atoms with van der Waals surface area (Å²) in [5.74, 6) is -0.0730. The first-order chi connectivity index (χ1) is 11.1. The fourth-order valence-electron chi connectivity index (χ4n) is 1.93. The Kier molecular flexibility index (Phi) is 4.99. The topological polar surface area (TPSA) is 110 Å². The number of aryl methyl sites for hydroxylation is 1. The van der Waals surface area contributed by atoms with Gasteiger partial charge in [-0.3, -0.25) is 4.79 Å². The number of likely N-dealkylation sites (N-methyl/N-ethyl adjacent to an activating group) is 1. The van der Waals surface area contributed by atoms with Gasteiger partial charge in [0.2, 0.25) is 15.9 Å². The molecule has 2 heterocycles. The number of anilines is 1. The molecule has 0 spiro atoms. The lowest BCUT2D eigenvalue weighted by molar-refractivity contribution is -0.116. The van der Waals surface area contributed by atoms with Crippen LogP contribution in [0.3, 0.4) is 0 Å². The fraction of sp³-hybridized carbons (Fsp3) is 0.429. The third-order valence-electron chi connectivity index (χ3n) is 3.70. The van der Waals surface area contributed by atoms with Crippen LogP contribution in [0.2, 0.25) is 0 Å². The van der Waals surface area contributed by atoms with Crippen LogP contribution < -0.4 is 5.32 Å². The lowest BCUT2D eigenvalue weighted by atomic mass is 10.2. The van der Waals surface area contributed by atoms with Gasteiger partial charge in [-0.05, 0) is 26.3 Å². The van der Waals surface area contributed by atoms with Gasteiger partial charge in [0.1, 0.15) is 0 Å². The number of carbonyl (C=O) groups is 1. The van der Waals surface area contributed by atoms with Crippen LogP contribution in [0, 0.1) is 20.8 Å². The fourth-order valence-corrected chi connectivity index (χ4v) is 2.28. The highest BCUT2D eigenvalue weighted by atomic mass is 32.2. The second-order valence-electron chi connectivity index (χ2n) is 5.55. The third-order valence-corrected chi connectivity index (χ3v) is 4.96. The summed E-state index contributed by atoms with van der Waals surface area (Å²) in [6.07, 6.45) is 3.94. The number of rotatable bonds is 5. The Balaban J connectivity index is 2.10. The Labute approximate surface area is 140 Å². The van der Waals surface area contributed by atoms with Crippen molar-refractivity contribution in [3.63, 3.8) is 0 Å². The second kappa shape index (κ2) is 6.65. The number of sulfonamides is 1. The van der Waals surface area contributed by atoms with Crippen LogP contribution in [-0.2, 0) is 14.8 Å². The molecule has 2 aromatic rings. The predicted octanol–water partition coefficient (Wildman–Crippen LogP) is 0.417. The zero-order valence-corrected chi connectivity index (χ0v) is 15.0. The molecule has 0 aliphatic rings. The number of nitrogens with zero attached hydrogens (tertiary/aromatic N) is 5. The maximum Gasteiger partial charge on any atom is 0.250 e. The predicted molar refractivity (Wildman–Crippen MR) is 89.5 cm³/mol. The van der Waals surface area contributed by atoms with Crippen molar-refractivity contribution in [2.45, 2.75) is 20.8 Å². The van der Waals surface area contributed by atoms with E-state index in [0.29, 0.717) is 11.6 Å². The minimum Gasteiger partial charge on any atom is -0.322 e. The molecule has 24 heavy (non-hydrogen) atoms. The van der Waals surface area contributed by atoms with Crippen molar-refractivity contribution in [1.82, 2.24) is 24.1 Å². The van der Waals surface area contributed by atoms with Crippen LogP contribution in [0.25, 0.3) is 5.95 Å². The molecular formula is C14H20N6O3S. The van der Waals surface area contributed by atoms with Crippen LogP contribution in [0.5, 0.6) is 0 Å². The summed E-state index contributed by atoms with van der Waals surface area (Å²) in [6, 6.07) is 0. The molecule has 0 atom stereocenters. The van der Waals surface area contributed by atoms with Crippen molar-refractivity contribution in [3.8, 4) is 5.95 Å². The molecule has 0 fully saturated rings. The SMILES string of the molecule is Cc1nn(-c2ncc(NC(=O)CN(C)S(C)(=O)=O)cn2)c(C)c1C. The molecule has 9 nitrogen and oxygen atoms in total. The quantitative estimate of drug-likeness (QED) is 0.835. The average molecular weight is 352 g/mol. The number of amides is 1. The number of carbonyl (C=O) groups excluding carboxylic acids is 1. The number of hydrogen-bond acceptors (Lipinski definition) is 6. The minimum absolute atomic E-state index is 0.281. The highest BCUT2D eigenvalue weighted by Gasteiger charge is 2.16. The van der Waals surface area contributed by atoms with Crippen molar-refractivity contribution in [2.24, 2.45) is 0 Å². The molecule has 1 amide bonds. The molecule has 10 heteroatoms. The van der Waals surface area contributed by atoms with Gasteiger partial charge in [-0.1, -0.05) is 0 Å². The van der Waals surface area contributed by atoms with Gasteiger partial charge in [0, 0.05) is 12.7 Å². The van der Waals surface area contributed by atoms with Gasteiger partial charge < -0.3 is 5.32 Å². The van der Waals surface area contributed by atoms with Crippen molar-refractivity contribution < 1.29 is 13.2 Å². The first kappa shape index (κ1) is 18.0. The van der Waals surface area contributed by atoms with E-state index in [1.807, 2.05) is 20.8 Å². The Morgan fingerprint density at radius 1 is 1.25 bits per heavy atom. The lowest BCUT2D eigenvalue weighted by Gasteiger charge is -2.13. The molecule has 0 aliphatic carbocycles. The van der Waals surface area contributed by atoms with E-state index in [-0.39, 0.29) is 6.54 Å². The third kappa shape index (κ3) is 3.95. The molecule has 2 rings (SSSR count). The van der Waals surface area contributed by atoms with Gasteiger partial charge in [0.15, 0.2) is 0 Å². The van der Waals surface area contributed by atoms with Crippen LogP contribution in [0.4, 0.5) is 5.69 Å². The smallest absolute Gasteiger partial charge is 0.250 e. The normalized spacial score (nSPS) is 11.8. The number of hydrogen-bond donors (Lipinski definition) is 1. The molecule has 0 aromatic carbocycles. The molecule has 0 saturated heterocycles. The zero-order valence-electron chi connectivity index (χ0n) is 14.2. The van der Waals surface area contributed by atoms with Gasteiger partial charge in [0.05, 0.1) is 36.6 Å². The van der Waals surface area contributed by atoms with E-state index in [1.165, 1.54) is 19.4 Å². The summed E-state index contributed by atoms with van der Waals surface area (Å²) in [4.78, 5) is 20.2. The van der Waals surface area contributed by atoms with Gasteiger partial charge >= 0.3 is 0 Å². The summed E-state index contributed by atoms with van der Waals surface area (Å²) in [5.41, 5.74) is 3.29. The van der Waals surface area contributed by atoms with Crippen molar-refractivity contribution in [2.75, 3.05) is 25.2 Å². The van der Waals surface area contributed by atoms with Gasteiger partial charge in [-0.2, -0.15) is 9.40 Å². The largest absolute Gasteiger partial charge is 0.322 e. The highest BCUT2D eigenvalue weighted by molar-refractivity contribution is 7.88. The summed E-state index contributed by atoms with van der Waals surface area (Å²) in [6.45, 7) is 5.53. The van der Waals surface area contributed by atoms with Crippen molar-refractivity contribution >= 4 is 21.6 Å². The Morgan fingerprint density at radius 2 is 1.83 bits per heavy atom. The van der Waals surface area contributed by atoms with Crippen LogP contribution >= 0.6 is 0 Å². The zero-order chi connectivity index (χ0) is 18.1. The first-order valence-electron chi connectivity index (χ1n) is 7.16. The van der Waals surface area contributed by atoms with Crippen LogP contribution in [0.15, 0.2) is 12.4 Å². The average Bonchev–Trinajstić information content (AvgIpc) is 2.74. The molecular weight excluding hydrogens is 332 g/mol. The monoisotopic (exact) mass is 352 g/mol. The van der Waals surface area contributed by atoms with Crippen molar-refractivity contribution in [1.29, 1.82) is 0 Å². The van der Waals surface area contributed by atoms with E-state index in [4.69, 9.17) is 0 Å². The molecule has 0 bridgehead atoms. The van der Waals surface area contributed by atoms with Gasteiger partial charge in [-0.15, -0.1) is 0 Å². The van der Waals surface area contributed by atoms with Crippen molar-refractivity contribution in [3.05, 3.63) is 29.3 Å². The molecule has 0 unspecified atom stereocenters. The maximum atomic E-state index is 11.8. The summed E-state index contributed by atoms with van der Waals surface area (Å²) < 4.78 is 25.2. The van der Waals surface area contributed by atoms with Gasteiger partial charge in [0.25, 0.3) is 5.95 Å². The van der Waals surface area contributed by atoms with E-state index in [0.717, 1.165) is 27.5 Å². The van der Waals surface area contributed by atoms with Crippen LogP contribution in [0.1, 0.15) is 17.0 Å². The minimum atomic E-state index is -3.41. The molecule has 0 radical (unpaired) electrons. The first-order valence-corrected chi connectivity index (χ1v) is 9.01. The highest BCUT2D eigenvalue weighted by Crippen LogP contribution is 2.14. The van der Waals surface area contributed by atoms with E-state index < -0.39 is 15.9 Å². The molecule has 0 saturated carbocycles. The van der Waals surface area contributed by atoms with E-state index in [9.17, 15) is 13.2 Å². The lowest BCUT2D eigenvalue weighted by Crippen LogP contribution is -2.34. The summed E-state index contributed by atoms with van der Waals surface area (Å²) in [5, 5.41) is 6.92. The van der Waals surface area contributed by atoms with E-state index in [1.54, 1.807) is 4.68 Å². The number of aromatic nitrogens is 4. The Hall–Kier alpha value is -2.33. The maximum absolute atomic E-state index is 11.8. The van der Waals surface area contributed by atoms with Gasteiger partial charge in [-0.25, -0.2) is 23.1 Å². The summed E-state index contributed by atoms with van der Waals surface area (Å²) >= 11 is 0. The van der Waals surface area contributed by atoms with Crippen LogP contribution in [-0.4, -0.2) is 58.2 Å². The number of nitrogens with one attached hydrogen (secondary N) is 1. The van der Waals surface area contributed by atoms with E-state index >= 15 is 0 Å². The molecule has 130 valence electrons. The second-order valence-corrected chi connectivity index (χ2v) is 7.64. The molecule has 2 aromatic heterocycles. The molecule has 1 N–H and O–H groups in total. The standard InChI is InChI=1S/C14H20N6O3S/c1-9-10(2)18-20(11(9)3)14-15-6-12(7-16-14)17-13(21)8-19(4)24(5,22)23/h6-7H,8H2,1-5H3,(H,17,21). The Bertz CT molecular complexity index is 857. The Morgan fingerprint density at radius 3 is 2.29 bits per heavy atom. The molecule has 0 aliphatic heterocycles. The summed E-state index contributed by atoms with van der Waals surface area (Å²) in [7, 11) is -2.08.